The molecule has 1 aromatic rings. The van der Waals surface area contributed by atoms with E-state index in [0.29, 0.717) is 12.0 Å². The maximum absolute atomic E-state index is 6.36. The maximum atomic E-state index is 6.36. The van der Waals surface area contributed by atoms with Crippen molar-refractivity contribution in [3.05, 3.63) is 16.9 Å². The lowest BCUT2D eigenvalue weighted by molar-refractivity contribution is 0.426. The second-order valence-corrected chi connectivity index (χ2v) is 5.97. The van der Waals surface area contributed by atoms with Crippen molar-refractivity contribution in [2.75, 3.05) is 6.54 Å². The summed E-state index contributed by atoms with van der Waals surface area (Å²) < 4.78 is 2.08. The topological polar surface area (TPSA) is 29.9 Å². The summed E-state index contributed by atoms with van der Waals surface area (Å²) in [4.78, 5) is 0. The molecule has 1 aromatic heterocycles. The predicted octanol–water partition coefficient (Wildman–Crippen LogP) is 3.97. The zero-order valence-corrected chi connectivity index (χ0v) is 12.9. The van der Waals surface area contributed by atoms with E-state index in [2.05, 4.69) is 28.9 Å². The summed E-state index contributed by atoms with van der Waals surface area (Å²) in [6.45, 7) is 6.39. The van der Waals surface area contributed by atoms with E-state index in [1.165, 1.54) is 44.2 Å². The van der Waals surface area contributed by atoms with E-state index in [9.17, 15) is 0 Å². The summed E-state index contributed by atoms with van der Waals surface area (Å²) >= 11 is 6.36. The van der Waals surface area contributed by atoms with Gasteiger partial charge in [0.05, 0.1) is 16.9 Å². The van der Waals surface area contributed by atoms with Crippen LogP contribution < -0.4 is 5.32 Å². The van der Waals surface area contributed by atoms with Crippen molar-refractivity contribution in [2.45, 2.75) is 70.9 Å². The maximum Gasteiger partial charge on any atom is 0.0820 e. The fourth-order valence-electron chi connectivity index (χ4n) is 3.17. The van der Waals surface area contributed by atoms with E-state index >= 15 is 0 Å². The number of aromatic nitrogens is 2. The van der Waals surface area contributed by atoms with Crippen LogP contribution in [0.2, 0.25) is 5.02 Å². The highest BCUT2D eigenvalue weighted by Gasteiger charge is 2.25. The molecule has 108 valence electrons. The first-order chi connectivity index (χ1) is 9.26. The lowest BCUT2D eigenvalue weighted by Gasteiger charge is -2.22. The molecule has 4 heteroatoms. The molecule has 0 aromatic carbocycles. The summed E-state index contributed by atoms with van der Waals surface area (Å²) in [6, 6.07) is 0.642. The predicted molar refractivity (Wildman–Crippen MR) is 80.8 cm³/mol. The van der Waals surface area contributed by atoms with E-state index in [4.69, 9.17) is 11.6 Å². The molecule has 0 aliphatic heterocycles. The van der Waals surface area contributed by atoms with E-state index in [1.807, 2.05) is 0 Å². The lowest BCUT2D eigenvalue weighted by Crippen LogP contribution is -2.30. The van der Waals surface area contributed by atoms with Crippen molar-refractivity contribution in [1.82, 2.24) is 15.1 Å². The molecule has 1 aliphatic rings. The highest BCUT2D eigenvalue weighted by molar-refractivity contribution is 6.31. The standard InChI is InChI=1S/C15H26ClN3/c1-3-9-17-13-8-6-5-7-12(10-13)15-14(16)11-18-19(15)4-2/h11-13,17H,3-10H2,1-2H3. The zero-order chi connectivity index (χ0) is 13.7. The van der Waals surface area contributed by atoms with Crippen molar-refractivity contribution in [2.24, 2.45) is 0 Å². The van der Waals surface area contributed by atoms with Gasteiger partial charge in [0.25, 0.3) is 0 Å². The highest BCUT2D eigenvalue weighted by Crippen LogP contribution is 2.35. The summed E-state index contributed by atoms with van der Waals surface area (Å²) in [5, 5.41) is 8.93. The third-order valence-electron chi connectivity index (χ3n) is 4.13. The second-order valence-electron chi connectivity index (χ2n) is 5.56. The quantitative estimate of drug-likeness (QED) is 0.829. The van der Waals surface area contributed by atoms with Gasteiger partial charge in [-0.15, -0.1) is 0 Å². The minimum atomic E-state index is 0.562. The van der Waals surface area contributed by atoms with Crippen molar-refractivity contribution in [3.63, 3.8) is 0 Å². The average Bonchev–Trinajstić information content (AvgIpc) is 2.65. The van der Waals surface area contributed by atoms with Crippen molar-refractivity contribution in [1.29, 1.82) is 0 Å². The van der Waals surface area contributed by atoms with Gasteiger partial charge < -0.3 is 5.32 Å². The molecule has 1 heterocycles. The van der Waals surface area contributed by atoms with Crippen LogP contribution >= 0.6 is 11.6 Å². The van der Waals surface area contributed by atoms with Crippen LogP contribution in [-0.2, 0) is 6.54 Å². The third-order valence-corrected chi connectivity index (χ3v) is 4.42. The van der Waals surface area contributed by atoms with Crippen molar-refractivity contribution < 1.29 is 0 Å². The van der Waals surface area contributed by atoms with Crippen LogP contribution in [0.15, 0.2) is 6.20 Å². The lowest BCUT2D eigenvalue weighted by atomic mass is 9.94. The smallest absolute Gasteiger partial charge is 0.0820 e. The number of hydrogen-bond donors (Lipinski definition) is 1. The number of rotatable bonds is 5. The van der Waals surface area contributed by atoms with Crippen molar-refractivity contribution >= 4 is 11.6 Å². The molecule has 0 amide bonds. The van der Waals surface area contributed by atoms with Gasteiger partial charge in [-0.25, -0.2) is 0 Å². The molecule has 0 radical (unpaired) electrons. The van der Waals surface area contributed by atoms with Gasteiger partial charge in [0.2, 0.25) is 0 Å². The van der Waals surface area contributed by atoms with Gasteiger partial charge in [0, 0.05) is 18.5 Å². The molecular formula is C15H26ClN3. The van der Waals surface area contributed by atoms with Gasteiger partial charge in [-0.05, 0) is 39.2 Å². The van der Waals surface area contributed by atoms with Gasteiger partial charge >= 0.3 is 0 Å². The first-order valence-corrected chi connectivity index (χ1v) is 8.08. The first-order valence-electron chi connectivity index (χ1n) is 7.70. The van der Waals surface area contributed by atoms with Gasteiger partial charge in [0.15, 0.2) is 0 Å². The molecule has 2 unspecified atom stereocenters. The summed E-state index contributed by atoms with van der Waals surface area (Å²) in [6.07, 6.45) is 9.39. The van der Waals surface area contributed by atoms with Gasteiger partial charge in [-0.3, -0.25) is 4.68 Å². The Morgan fingerprint density at radius 2 is 2.16 bits per heavy atom. The Morgan fingerprint density at radius 1 is 1.37 bits per heavy atom. The Bertz CT molecular complexity index is 389. The average molecular weight is 284 g/mol. The van der Waals surface area contributed by atoms with Crippen LogP contribution in [-0.4, -0.2) is 22.4 Å². The Hall–Kier alpha value is -0.540. The molecule has 1 aliphatic carbocycles. The Labute approximate surface area is 121 Å². The zero-order valence-electron chi connectivity index (χ0n) is 12.2. The third kappa shape index (κ3) is 3.73. The molecule has 19 heavy (non-hydrogen) atoms. The molecule has 2 atom stereocenters. The number of nitrogens with one attached hydrogen (secondary N) is 1. The number of halogens is 1. The van der Waals surface area contributed by atoms with Crippen LogP contribution in [0.25, 0.3) is 0 Å². The fourth-order valence-corrected chi connectivity index (χ4v) is 3.47. The number of nitrogens with zero attached hydrogens (tertiary/aromatic N) is 2. The first kappa shape index (κ1) is 14.9. The summed E-state index contributed by atoms with van der Waals surface area (Å²) in [5.41, 5.74) is 1.26. The normalized spacial score (nSPS) is 24.4. The van der Waals surface area contributed by atoms with Crippen LogP contribution in [0.4, 0.5) is 0 Å². The van der Waals surface area contributed by atoms with Gasteiger partial charge in [-0.2, -0.15) is 5.10 Å². The van der Waals surface area contributed by atoms with Crippen molar-refractivity contribution in [3.8, 4) is 0 Å². The molecule has 2 rings (SSSR count). The van der Waals surface area contributed by atoms with Gasteiger partial charge in [-0.1, -0.05) is 31.4 Å². The fraction of sp³-hybridized carbons (Fsp3) is 0.800. The van der Waals surface area contributed by atoms with Crippen LogP contribution in [0.5, 0.6) is 0 Å². The van der Waals surface area contributed by atoms with Crippen LogP contribution in [0.1, 0.15) is 64.0 Å². The Kier molecular flexibility index (Phi) is 5.71. The highest BCUT2D eigenvalue weighted by atomic mass is 35.5. The van der Waals surface area contributed by atoms with Crippen LogP contribution in [0, 0.1) is 0 Å². The largest absolute Gasteiger partial charge is 0.314 e. The molecule has 1 fully saturated rings. The second kappa shape index (κ2) is 7.30. The van der Waals surface area contributed by atoms with E-state index < -0.39 is 0 Å². The Morgan fingerprint density at radius 3 is 2.89 bits per heavy atom. The SMILES string of the molecule is CCCNC1CCCCC(c2c(Cl)cnn2CC)C1. The van der Waals surface area contributed by atoms with E-state index in [0.717, 1.165) is 18.1 Å². The molecule has 0 spiro atoms. The molecule has 0 saturated heterocycles. The number of hydrogen-bond acceptors (Lipinski definition) is 2. The number of aryl methyl sites for hydroxylation is 1. The van der Waals surface area contributed by atoms with Gasteiger partial charge in [0.1, 0.15) is 0 Å². The van der Waals surface area contributed by atoms with E-state index in [1.54, 1.807) is 6.20 Å². The molecular weight excluding hydrogens is 258 g/mol. The molecule has 0 bridgehead atoms. The molecule has 1 saturated carbocycles. The molecule has 1 N–H and O–H groups in total. The van der Waals surface area contributed by atoms with Crippen LogP contribution in [0.3, 0.4) is 0 Å². The summed E-state index contributed by atoms with van der Waals surface area (Å²) in [7, 11) is 0. The Balaban J connectivity index is 2.10. The monoisotopic (exact) mass is 283 g/mol. The molecule has 3 nitrogen and oxygen atoms in total. The minimum Gasteiger partial charge on any atom is -0.314 e. The summed E-state index contributed by atoms with van der Waals surface area (Å²) in [5.74, 6) is 0.562. The van der Waals surface area contributed by atoms with E-state index in [-0.39, 0.29) is 0 Å². The minimum absolute atomic E-state index is 0.562.